The minimum Gasteiger partial charge on any atom is -0.477 e. The van der Waals surface area contributed by atoms with E-state index in [-0.39, 0.29) is 16.5 Å². The van der Waals surface area contributed by atoms with Gasteiger partial charge in [-0.25, -0.2) is 19.2 Å². The van der Waals surface area contributed by atoms with Gasteiger partial charge in [0.1, 0.15) is 33.4 Å². The minimum atomic E-state index is -1.02. The molecule has 0 aliphatic carbocycles. The van der Waals surface area contributed by atoms with Crippen molar-refractivity contribution >= 4 is 50.6 Å². The van der Waals surface area contributed by atoms with E-state index in [1.807, 2.05) is 13.8 Å². The van der Waals surface area contributed by atoms with Crippen LogP contribution in [0.15, 0.2) is 24.5 Å². The standard InChI is InChI=1S/C18H17ClFN3O3S/c1-8(2)15(19)26-12-6-10(20)4-5-11(12)23-16-13-9(3)14(18(24)25)27-17(13)22-7-21-16/h4-8,15H,1-3H3,(H,24,25)(H,21,22,23). The highest BCUT2D eigenvalue weighted by Gasteiger charge is 2.20. The first-order chi connectivity index (χ1) is 12.8. The highest BCUT2D eigenvalue weighted by atomic mass is 35.5. The van der Waals surface area contributed by atoms with Crippen LogP contribution in [0.4, 0.5) is 15.9 Å². The van der Waals surface area contributed by atoms with Gasteiger partial charge in [0, 0.05) is 12.0 Å². The summed E-state index contributed by atoms with van der Waals surface area (Å²) in [6.07, 6.45) is 1.34. The van der Waals surface area contributed by atoms with Crippen molar-refractivity contribution in [2.45, 2.75) is 26.3 Å². The van der Waals surface area contributed by atoms with Crippen LogP contribution in [-0.4, -0.2) is 26.6 Å². The van der Waals surface area contributed by atoms with Crippen LogP contribution in [0.1, 0.15) is 29.1 Å². The lowest BCUT2D eigenvalue weighted by Gasteiger charge is -2.19. The van der Waals surface area contributed by atoms with E-state index >= 15 is 0 Å². The van der Waals surface area contributed by atoms with Crippen LogP contribution in [0.25, 0.3) is 10.2 Å². The summed E-state index contributed by atoms with van der Waals surface area (Å²) in [6, 6.07) is 4.04. The topological polar surface area (TPSA) is 84.3 Å². The van der Waals surface area contributed by atoms with Gasteiger partial charge in [-0.2, -0.15) is 0 Å². The summed E-state index contributed by atoms with van der Waals surface area (Å²) >= 11 is 7.25. The zero-order valence-electron chi connectivity index (χ0n) is 14.8. The molecule has 3 rings (SSSR count). The second-order valence-corrected chi connectivity index (χ2v) is 7.67. The third kappa shape index (κ3) is 3.96. The van der Waals surface area contributed by atoms with E-state index < -0.39 is 17.3 Å². The number of thiophene rings is 1. The molecule has 2 heterocycles. The number of carboxylic acid groups (broad SMARTS) is 1. The average molecular weight is 410 g/mol. The summed E-state index contributed by atoms with van der Waals surface area (Å²) in [4.78, 5) is 20.5. The Hall–Kier alpha value is -2.45. The Kier molecular flexibility index (Phi) is 5.48. The zero-order chi connectivity index (χ0) is 19.7. The van der Waals surface area contributed by atoms with Crippen molar-refractivity contribution in [2.24, 2.45) is 5.92 Å². The molecule has 0 saturated heterocycles. The summed E-state index contributed by atoms with van der Waals surface area (Å²) in [5.41, 5.74) is 0.386. The molecule has 3 aromatic rings. The van der Waals surface area contributed by atoms with Gasteiger partial charge < -0.3 is 15.2 Å². The van der Waals surface area contributed by atoms with E-state index in [0.29, 0.717) is 27.3 Å². The first kappa shape index (κ1) is 19.3. The van der Waals surface area contributed by atoms with E-state index in [4.69, 9.17) is 16.3 Å². The van der Waals surface area contributed by atoms with Crippen LogP contribution in [0.2, 0.25) is 0 Å². The molecule has 0 fully saturated rings. The number of benzene rings is 1. The Morgan fingerprint density at radius 1 is 1.37 bits per heavy atom. The average Bonchev–Trinajstić information content (AvgIpc) is 2.95. The number of nitrogens with one attached hydrogen (secondary N) is 1. The van der Waals surface area contributed by atoms with Gasteiger partial charge in [-0.3, -0.25) is 0 Å². The number of carboxylic acids is 1. The molecule has 1 unspecified atom stereocenters. The molecule has 0 saturated carbocycles. The molecule has 27 heavy (non-hydrogen) atoms. The number of rotatable bonds is 6. The molecule has 142 valence electrons. The van der Waals surface area contributed by atoms with Gasteiger partial charge in [-0.15, -0.1) is 11.3 Å². The fourth-order valence-corrected chi connectivity index (χ4v) is 3.54. The molecule has 0 aliphatic heterocycles. The number of hydrogen-bond donors (Lipinski definition) is 2. The number of ether oxygens (including phenoxy) is 1. The number of aromatic carboxylic acids is 1. The van der Waals surface area contributed by atoms with E-state index in [1.165, 1.54) is 24.5 Å². The van der Waals surface area contributed by atoms with E-state index in [2.05, 4.69) is 15.3 Å². The van der Waals surface area contributed by atoms with Crippen molar-refractivity contribution in [1.29, 1.82) is 0 Å². The molecule has 0 aliphatic rings. The second kappa shape index (κ2) is 7.66. The quantitative estimate of drug-likeness (QED) is 0.545. The normalized spacial score (nSPS) is 12.4. The maximum atomic E-state index is 13.7. The number of halogens is 2. The lowest BCUT2D eigenvalue weighted by atomic mass is 10.2. The van der Waals surface area contributed by atoms with E-state index in [9.17, 15) is 14.3 Å². The maximum absolute atomic E-state index is 13.7. The predicted octanol–water partition coefficient (Wildman–Crippen LogP) is 5.18. The molecule has 0 bridgehead atoms. The fraction of sp³-hybridized carbons (Fsp3) is 0.278. The number of anilines is 2. The van der Waals surface area contributed by atoms with Crippen molar-refractivity contribution < 1.29 is 19.0 Å². The number of fused-ring (bicyclic) bond motifs is 1. The molecular formula is C18H17ClFN3O3S. The number of nitrogens with zero attached hydrogens (tertiary/aromatic N) is 2. The van der Waals surface area contributed by atoms with Crippen LogP contribution < -0.4 is 10.1 Å². The first-order valence-electron chi connectivity index (χ1n) is 8.12. The second-order valence-electron chi connectivity index (χ2n) is 6.24. The van der Waals surface area contributed by atoms with Crippen LogP contribution in [0, 0.1) is 18.7 Å². The van der Waals surface area contributed by atoms with Crippen molar-refractivity contribution in [3.05, 3.63) is 40.8 Å². The summed E-state index contributed by atoms with van der Waals surface area (Å²) in [5.74, 6) is -0.814. The molecule has 6 nitrogen and oxygen atoms in total. The van der Waals surface area contributed by atoms with Crippen molar-refractivity contribution in [3.63, 3.8) is 0 Å². The van der Waals surface area contributed by atoms with E-state index in [0.717, 1.165) is 11.3 Å². The number of aromatic nitrogens is 2. The zero-order valence-corrected chi connectivity index (χ0v) is 16.4. The Morgan fingerprint density at radius 2 is 2.11 bits per heavy atom. The summed E-state index contributed by atoms with van der Waals surface area (Å²) in [6.45, 7) is 5.48. The maximum Gasteiger partial charge on any atom is 0.346 e. The molecule has 2 N–H and O–H groups in total. The van der Waals surface area contributed by atoms with Gasteiger partial charge in [-0.05, 0) is 24.6 Å². The number of aryl methyl sites for hydroxylation is 1. The third-order valence-corrected chi connectivity index (χ3v) is 5.66. The molecule has 0 radical (unpaired) electrons. The van der Waals surface area contributed by atoms with Crippen LogP contribution in [0.3, 0.4) is 0 Å². The molecule has 2 aromatic heterocycles. The summed E-state index contributed by atoms with van der Waals surface area (Å²) in [7, 11) is 0. The van der Waals surface area contributed by atoms with Gasteiger partial charge >= 0.3 is 5.97 Å². The highest BCUT2D eigenvalue weighted by molar-refractivity contribution is 7.20. The molecule has 0 spiro atoms. The molecule has 1 atom stereocenters. The van der Waals surface area contributed by atoms with Crippen molar-refractivity contribution in [1.82, 2.24) is 9.97 Å². The molecular weight excluding hydrogens is 393 g/mol. The number of hydrogen-bond acceptors (Lipinski definition) is 6. The number of carbonyl (C=O) groups is 1. The Bertz CT molecular complexity index is 1010. The lowest BCUT2D eigenvalue weighted by Crippen LogP contribution is -2.16. The fourth-order valence-electron chi connectivity index (χ4n) is 2.45. The lowest BCUT2D eigenvalue weighted by molar-refractivity contribution is 0.0701. The Balaban J connectivity index is 2.04. The number of alkyl halides is 1. The van der Waals surface area contributed by atoms with Gasteiger partial charge in [-0.1, -0.05) is 25.4 Å². The Morgan fingerprint density at radius 3 is 2.78 bits per heavy atom. The van der Waals surface area contributed by atoms with E-state index in [1.54, 1.807) is 6.92 Å². The van der Waals surface area contributed by atoms with Gasteiger partial charge in [0.25, 0.3) is 0 Å². The van der Waals surface area contributed by atoms with Gasteiger partial charge in [0.2, 0.25) is 0 Å². The van der Waals surface area contributed by atoms with Gasteiger partial charge in [0.15, 0.2) is 5.56 Å². The highest BCUT2D eigenvalue weighted by Crippen LogP contribution is 2.37. The van der Waals surface area contributed by atoms with Crippen LogP contribution >= 0.6 is 22.9 Å². The smallest absolute Gasteiger partial charge is 0.346 e. The largest absolute Gasteiger partial charge is 0.477 e. The summed E-state index contributed by atoms with van der Waals surface area (Å²) < 4.78 is 19.4. The molecule has 9 heteroatoms. The van der Waals surface area contributed by atoms with Crippen LogP contribution in [-0.2, 0) is 0 Å². The molecule has 1 aromatic carbocycles. The first-order valence-corrected chi connectivity index (χ1v) is 9.38. The summed E-state index contributed by atoms with van der Waals surface area (Å²) in [5, 5.41) is 13.0. The minimum absolute atomic E-state index is 0.0192. The Labute approximate surface area is 164 Å². The third-order valence-electron chi connectivity index (χ3n) is 3.88. The SMILES string of the molecule is Cc1c(C(=O)O)sc2ncnc(Nc3ccc(F)cc3OC(Cl)C(C)C)c12. The van der Waals surface area contributed by atoms with Crippen molar-refractivity contribution in [3.8, 4) is 5.75 Å². The van der Waals surface area contributed by atoms with Crippen molar-refractivity contribution in [2.75, 3.05) is 5.32 Å². The van der Waals surface area contributed by atoms with Gasteiger partial charge in [0.05, 0.1) is 11.1 Å². The van der Waals surface area contributed by atoms with Crippen LogP contribution in [0.5, 0.6) is 5.75 Å². The predicted molar refractivity (Wildman–Crippen MR) is 104 cm³/mol. The monoisotopic (exact) mass is 409 g/mol. The molecule has 0 amide bonds.